The van der Waals surface area contributed by atoms with Crippen LogP contribution in [0.15, 0.2) is 30.3 Å². The Morgan fingerprint density at radius 3 is 2.68 bits per heavy atom. The molecule has 2 amide bonds. The second-order valence-corrected chi connectivity index (χ2v) is 4.78. The fourth-order valence-corrected chi connectivity index (χ4v) is 2.21. The molecule has 1 fully saturated rings. The van der Waals surface area contributed by atoms with Crippen LogP contribution in [-0.4, -0.2) is 42.9 Å². The van der Waals surface area contributed by atoms with E-state index in [1.807, 2.05) is 6.07 Å². The van der Waals surface area contributed by atoms with Crippen molar-refractivity contribution in [2.75, 3.05) is 26.2 Å². The molecule has 0 radical (unpaired) electrons. The Labute approximate surface area is 112 Å². The van der Waals surface area contributed by atoms with E-state index in [4.69, 9.17) is 5.73 Å². The zero-order chi connectivity index (χ0) is 13.7. The van der Waals surface area contributed by atoms with E-state index in [9.17, 15) is 9.59 Å². The van der Waals surface area contributed by atoms with Crippen molar-refractivity contribution in [3.05, 3.63) is 35.9 Å². The number of carbonyl (C=O) groups excluding carboxylic acids is 2. The molecule has 2 rings (SSSR count). The van der Waals surface area contributed by atoms with Crippen LogP contribution in [0.2, 0.25) is 0 Å². The molecule has 3 N–H and O–H groups in total. The molecular weight excluding hydrogens is 242 g/mol. The van der Waals surface area contributed by atoms with Crippen LogP contribution >= 0.6 is 0 Å². The number of nitrogens with zero attached hydrogens (tertiary/aromatic N) is 1. The van der Waals surface area contributed by atoms with E-state index in [1.165, 1.54) is 0 Å². The van der Waals surface area contributed by atoms with E-state index in [0.717, 1.165) is 13.0 Å². The number of benzene rings is 1. The standard InChI is InChI=1S/C14H19N3O2/c15-8-11-6-7-17(10-11)13(18)9-16-14(19)12-4-2-1-3-5-12/h1-5,11H,6-10,15H2,(H,16,19). The summed E-state index contributed by atoms with van der Waals surface area (Å²) in [5.41, 5.74) is 6.15. The van der Waals surface area contributed by atoms with E-state index < -0.39 is 0 Å². The highest BCUT2D eigenvalue weighted by Gasteiger charge is 2.25. The van der Waals surface area contributed by atoms with Crippen molar-refractivity contribution in [2.45, 2.75) is 6.42 Å². The Bertz CT molecular complexity index is 447. The first-order chi connectivity index (χ1) is 9.20. The normalized spacial score (nSPS) is 18.4. The van der Waals surface area contributed by atoms with Crippen LogP contribution in [0.5, 0.6) is 0 Å². The number of nitrogens with two attached hydrogens (primary N) is 1. The largest absolute Gasteiger partial charge is 0.343 e. The second kappa shape index (κ2) is 6.33. The van der Waals surface area contributed by atoms with Gasteiger partial charge in [-0.3, -0.25) is 9.59 Å². The highest BCUT2D eigenvalue weighted by molar-refractivity contribution is 5.96. The Morgan fingerprint density at radius 2 is 2.05 bits per heavy atom. The van der Waals surface area contributed by atoms with Gasteiger partial charge in [-0.15, -0.1) is 0 Å². The van der Waals surface area contributed by atoms with Gasteiger partial charge in [0, 0.05) is 18.7 Å². The summed E-state index contributed by atoms with van der Waals surface area (Å²) >= 11 is 0. The lowest BCUT2D eigenvalue weighted by atomic mass is 10.1. The first-order valence-electron chi connectivity index (χ1n) is 6.52. The van der Waals surface area contributed by atoms with Gasteiger partial charge in [-0.25, -0.2) is 0 Å². The molecule has 1 saturated heterocycles. The predicted molar refractivity (Wildman–Crippen MR) is 72.5 cm³/mol. The summed E-state index contributed by atoms with van der Waals surface area (Å²) in [5.74, 6) is 0.137. The smallest absolute Gasteiger partial charge is 0.251 e. The average Bonchev–Trinajstić information content (AvgIpc) is 2.94. The molecule has 1 unspecified atom stereocenters. The Morgan fingerprint density at radius 1 is 1.32 bits per heavy atom. The molecule has 1 aromatic carbocycles. The van der Waals surface area contributed by atoms with Crippen LogP contribution in [0.1, 0.15) is 16.8 Å². The van der Waals surface area contributed by atoms with Crippen LogP contribution in [0.4, 0.5) is 0 Å². The molecule has 1 aliphatic heterocycles. The fraction of sp³-hybridized carbons (Fsp3) is 0.429. The van der Waals surface area contributed by atoms with Gasteiger partial charge in [0.2, 0.25) is 5.91 Å². The molecule has 5 heteroatoms. The monoisotopic (exact) mass is 261 g/mol. The van der Waals surface area contributed by atoms with Crippen molar-refractivity contribution in [3.63, 3.8) is 0 Å². The van der Waals surface area contributed by atoms with Gasteiger partial charge in [-0.2, -0.15) is 0 Å². The molecule has 0 aromatic heterocycles. The number of amides is 2. The van der Waals surface area contributed by atoms with Gasteiger partial charge in [0.1, 0.15) is 0 Å². The molecule has 0 spiro atoms. The molecule has 5 nitrogen and oxygen atoms in total. The summed E-state index contributed by atoms with van der Waals surface area (Å²) in [6.45, 7) is 2.10. The summed E-state index contributed by atoms with van der Waals surface area (Å²) < 4.78 is 0. The summed E-state index contributed by atoms with van der Waals surface area (Å²) in [4.78, 5) is 25.5. The van der Waals surface area contributed by atoms with Gasteiger partial charge in [-0.05, 0) is 31.0 Å². The Kier molecular flexibility index (Phi) is 4.52. The summed E-state index contributed by atoms with van der Waals surface area (Å²) in [6, 6.07) is 8.88. The SMILES string of the molecule is NCC1CCN(C(=O)CNC(=O)c2ccccc2)C1. The molecule has 102 valence electrons. The van der Waals surface area contributed by atoms with Crippen molar-refractivity contribution in [1.29, 1.82) is 0 Å². The number of rotatable bonds is 4. The Balaban J connectivity index is 1.80. The molecule has 0 bridgehead atoms. The molecule has 0 saturated carbocycles. The minimum Gasteiger partial charge on any atom is -0.343 e. The van der Waals surface area contributed by atoms with Gasteiger partial charge in [-0.1, -0.05) is 18.2 Å². The third kappa shape index (κ3) is 3.54. The van der Waals surface area contributed by atoms with Gasteiger partial charge < -0.3 is 16.0 Å². The summed E-state index contributed by atoms with van der Waals surface area (Å²) in [7, 11) is 0. The summed E-state index contributed by atoms with van der Waals surface area (Å²) in [5, 5.41) is 2.65. The highest BCUT2D eigenvalue weighted by atomic mass is 16.2. The van der Waals surface area contributed by atoms with Crippen molar-refractivity contribution < 1.29 is 9.59 Å². The maximum absolute atomic E-state index is 11.9. The van der Waals surface area contributed by atoms with E-state index in [-0.39, 0.29) is 18.4 Å². The first-order valence-corrected chi connectivity index (χ1v) is 6.52. The number of carbonyl (C=O) groups is 2. The van der Waals surface area contributed by atoms with Crippen LogP contribution in [0.25, 0.3) is 0 Å². The van der Waals surface area contributed by atoms with Crippen molar-refractivity contribution >= 4 is 11.8 Å². The topological polar surface area (TPSA) is 75.4 Å². The quantitative estimate of drug-likeness (QED) is 0.814. The van der Waals surface area contributed by atoms with Crippen LogP contribution < -0.4 is 11.1 Å². The molecular formula is C14H19N3O2. The van der Waals surface area contributed by atoms with Crippen molar-refractivity contribution in [3.8, 4) is 0 Å². The lowest BCUT2D eigenvalue weighted by Gasteiger charge is -2.16. The third-order valence-electron chi connectivity index (χ3n) is 3.41. The van der Waals surface area contributed by atoms with E-state index in [1.54, 1.807) is 29.2 Å². The molecule has 1 atom stereocenters. The molecule has 1 aliphatic rings. The first kappa shape index (κ1) is 13.5. The lowest BCUT2D eigenvalue weighted by Crippen LogP contribution is -2.39. The number of hydrogen-bond donors (Lipinski definition) is 2. The van der Waals surface area contributed by atoms with Gasteiger partial charge in [0.05, 0.1) is 6.54 Å². The van der Waals surface area contributed by atoms with Crippen LogP contribution in [0.3, 0.4) is 0 Å². The molecule has 1 heterocycles. The van der Waals surface area contributed by atoms with Crippen molar-refractivity contribution in [2.24, 2.45) is 11.7 Å². The minimum atomic E-state index is -0.219. The van der Waals surface area contributed by atoms with E-state index in [0.29, 0.717) is 24.6 Å². The second-order valence-electron chi connectivity index (χ2n) is 4.78. The zero-order valence-corrected chi connectivity index (χ0v) is 10.8. The lowest BCUT2D eigenvalue weighted by molar-refractivity contribution is -0.129. The van der Waals surface area contributed by atoms with Crippen molar-refractivity contribution in [1.82, 2.24) is 10.2 Å². The number of nitrogens with one attached hydrogen (secondary N) is 1. The third-order valence-corrected chi connectivity index (χ3v) is 3.41. The van der Waals surface area contributed by atoms with Gasteiger partial charge in [0.15, 0.2) is 0 Å². The molecule has 0 aliphatic carbocycles. The van der Waals surface area contributed by atoms with E-state index >= 15 is 0 Å². The van der Waals surface area contributed by atoms with Gasteiger partial charge in [0.25, 0.3) is 5.91 Å². The average molecular weight is 261 g/mol. The van der Waals surface area contributed by atoms with Crippen LogP contribution in [0, 0.1) is 5.92 Å². The highest BCUT2D eigenvalue weighted by Crippen LogP contribution is 2.14. The molecule has 1 aromatic rings. The predicted octanol–water partition coefficient (Wildman–Crippen LogP) is 0.224. The minimum absolute atomic E-state index is 0.0415. The van der Waals surface area contributed by atoms with Crippen LogP contribution in [-0.2, 0) is 4.79 Å². The van der Waals surface area contributed by atoms with E-state index in [2.05, 4.69) is 5.32 Å². The molecule has 19 heavy (non-hydrogen) atoms. The summed E-state index contributed by atoms with van der Waals surface area (Å²) in [6.07, 6.45) is 0.953. The maximum Gasteiger partial charge on any atom is 0.251 e. The Hall–Kier alpha value is -1.88. The zero-order valence-electron chi connectivity index (χ0n) is 10.8. The number of hydrogen-bond acceptors (Lipinski definition) is 3. The number of likely N-dealkylation sites (tertiary alicyclic amines) is 1. The van der Waals surface area contributed by atoms with Gasteiger partial charge >= 0.3 is 0 Å². The fourth-order valence-electron chi connectivity index (χ4n) is 2.21. The maximum atomic E-state index is 11.9.